The maximum Gasteiger partial charge on any atom is 0.341 e. The monoisotopic (exact) mass is 235 g/mol. The fraction of sp³-hybridized carbons (Fsp3) is 0.167. The average Bonchev–Trinajstić information content (AvgIpc) is 2.34. The lowest BCUT2D eigenvalue weighted by atomic mass is 10.1. The molecule has 0 atom stereocenters. The van der Waals surface area contributed by atoms with Gasteiger partial charge in [0, 0.05) is 6.08 Å². The van der Waals surface area contributed by atoms with Crippen LogP contribution in [0, 0.1) is 0 Å². The summed E-state index contributed by atoms with van der Waals surface area (Å²) in [5, 5.41) is 0. The first-order chi connectivity index (χ1) is 8.08. The summed E-state index contributed by atoms with van der Waals surface area (Å²) in [6, 6.07) is 4.84. The van der Waals surface area contributed by atoms with E-state index in [1.54, 1.807) is 18.2 Å². The Kier molecular flexibility index (Phi) is 4.28. The number of hydrogen-bond acceptors (Lipinski definition) is 4. The second-order valence-corrected chi connectivity index (χ2v) is 3.19. The third kappa shape index (κ3) is 3.34. The first-order valence-electron chi connectivity index (χ1n) is 4.82. The number of carbonyl (C=O) groups is 2. The number of nitrogens with two attached hydrogens (primary N) is 1. The van der Waals surface area contributed by atoms with Crippen LogP contribution in [0.3, 0.4) is 0 Å². The molecule has 0 radical (unpaired) electrons. The van der Waals surface area contributed by atoms with E-state index in [2.05, 4.69) is 4.74 Å². The van der Waals surface area contributed by atoms with E-state index in [1.807, 2.05) is 0 Å². The quantitative estimate of drug-likeness (QED) is 0.623. The minimum absolute atomic E-state index is 0.325. The average molecular weight is 235 g/mol. The van der Waals surface area contributed by atoms with E-state index in [0.29, 0.717) is 16.9 Å². The van der Waals surface area contributed by atoms with Crippen molar-refractivity contribution in [3.05, 3.63) is 35.4 Å². The van der Waals surface area contributed by atoms with Gasteiger partial charge in [0.1, 0.15) is 11.3 Å². The Bertz CT molecular complexity index is 466. The highest BCUT2D eigenvalue weighted by molar-refractivity contribution is 5.93. The second-order valence-electron chi connectivity index (χ2n) is 3.19. The van der Waals surface area contributed by atoms with Gasteiger partial charge in [-0.3, -0.25) is 4.79 Å². The zero-order chi connectivity index (χ0) is 12.8. The Hall–Kier alpha value is -2.30. The smallest absolute Gasteiger partial charge is 0.341 e. The summed E-state index contributed by atoms with van der Waals surface area (Å²) in [4.78, 5) is 22.0. The SMILES string of the molecule is COC(=O)c1ccc(C=CC(N)=O)cc1OC. The molecule has 1 aromatic rings. The number of carbonyl (C=O) groups excluding carboxylic acids is 2. The predicted octanol–water partition coefficient (Wildman–Crippen LogP) is 0.980. The fourth-order valence-corrected chi connectivity index (χ4v) is 1.27. The summed E-state index contributed by atoms with van der Waals surface area (Å²) in [7, 11) is 2.74. The molecular weight excluding hydrogens is 222 g/mol. The van der Waals surface area contributed by atoms with E-state index in [9.17, 15) is 9.59 Å². The summed E-state index contributed by atoms with van der Waals surface area (Å²) >= 11 is 0. The lowest BCUT2D eigenvalue weighted by molar-refractivity contribution is -0.113. The molecule has 0 aliphatic heterocycles. The third-order valence-electron chi connectivity index (χ3n) is 2.07. The summed E-state index contributed by atoms with van der Waals surface area (Å²) in [5.41, 5.74) is 6.01. The predicted molar refractivity (Wildman–Crippen MR) is 62.6 cm³/mol. The first kappa shape index (κ1) is 12.8. The number of primary amides is 1. The number of hydrogen-bond donors (Lipinski definition) is 1. The largest absolute Gasteiger partial charge is 0.496 e. The van der Waals surface area contributed by atoms with Gasteiger partial charge in [0.15, 0.2) is 0 Å². The summed E-state index contributed by atoms with van der Waals surface area (Å²) in [6.45, 7) is 0. The number of methoxy groups -OCH3 is 2. The lowest BCUT2D eigenvalue weighted by Crippen LogP contribution is -2.05. The van der Waals surface area contributed by atoms with Crippen molar-refractivity contribution in [2.24, 2.45) is 5.73 Å². The van der Waals surface area contributed by atoms with Gasteiger partial charge < -0.3 is 15.2 Å². The number of rotatable bonds is 4. The normalized spacial score (nSPS) is 10.2. The minimum atomic E-state index is -0.541. The van der Waals surface area contributed by atoms with Gasteiger partial charge in [0.25, 0.3) is 0 Å². The molecule has 1 rings (SSSR count). The molecule has 5 nitrogen and oxygen atoms in total. The molecule has 0 spiro atoms. The van der Waals surface area contributed by atoms with E-state index < -0.39 is 11.9 Å². The fourth-order valence-electron chi connectivity index (χ4n) is 1.27. The van der Waals surface area contributed by atoms with Crippen molar-refractivity contribution in [1.29, 1.82) is 0 Å². The van der Waals surface area contributed by atoms with Crippen LogP contribution in [0.4, 0.5) is 0 Å². The van der Waals surface area contributed by atoms with Crippen LogP contribution in [0.25, 0.3) is 6.08 Å². The molecule has 0 saturated heterocycles. The van der Waals surface area contributed by atoms with Gasteiger partial charge in [0.2, 0.25) is 5.91 Å². The number of benzene rings is 1. The van der Waals surface area contributed by atoms with Gasteiger partial charge in [-0.25, -0.2) is 4.79 Å². The molecule has 1 amide bonds. The van der Waals surface area contributed by atoms with Crippen LogP contribution in [-0.4, -0.2) is 26.1 Å². The highest BCUT2D eigenvalue weighted by Crippen LogP contribution is 2.21. The zero-order valence-electron chi connectivity index (χ0n) is 9.60. The molecule has 0 saturated carbocycles. The van der Waals surface area contributed by atoms with Crippen molar-refractivity contribution in [3.63, 3.8) is 0 Å². The van der Waals surface area contributed by atoms with Crippen LogP contribution in [0.5, 0.6) is 5.75 Å². The van der Waals surface area contributed by atoms with Crippen LogP contribution in [0.1, 0.15) is 15.9 Å². The molecule has 2 N–H and O–H groups in total. The van der Waals surface area contributed by atoms with Crippen LogP contribution in [0.15, 0.2) is 24.3 Å². The maximum absolute atomic E-state index is 11.4. The van der Waals surface area contributed by atoms with Crippen LogP contribution in [0.2, 0.25) is 0 Å². The molecule has 0 fully saturated rings. The van der Waals surface area contributed by atoms with Crippen LogP contribution in [-0.2, 0) is 9.53 Å². The molecule has 0 unspecified atom stereocenters. The molecule has 90 valence electrons. The van der Waals surface area contributed by atoms with E-state index in [1.165, 1.54) is 26.4 Å². The lowest BCUT2D eigenvalue weighted by Gasteiger charge is -2.07. The van der Waals surface area contributed by atoms with E-state index in [4.69, 9.17) is 10.5 Å². The molecule has 0 aliphatic rings. The van der Waals surface area contributed by atoms with Gasteiger partial charge in [0.05, 0.1) is 14.2 Å². The molecule has 17 heavy (non-hydrogen) atoms. The van der Waals surface area contributed by atoms with Crippen molar-refractivity contribution in [2.45, 2.75) is 0 Å². The van der Waals surface area contributed by atoms with Crippen molar-refractivity contribution in [1.82, 2.24) is 0 Å². The van der Waals surface area contributed by atoms with Crippen molar-refractivity contribution in [2.75, 3.05) is 14.2 Å². The number of ether oxygens (including phenoxy) is 2. The number of esters is 1. The maximum atomic E-state index is 11.4. The highest BCUT2D eigenvalue weighted by Gasteiger charge is 2.12. The van der Waals surface area contributed by atoms with E-state index in [0.717, 1.165) is 0 Å². The van der Waals surface area contributed by atoms with Gasteiger partial charge in [-0.05, 0) is 23.8 Å². The van der Waals surface area contributed by atoms with Gasteiger partial charge in [-0.2, -0.15) is 0 Å². The summed E-state index contributed by atoms with van der Waals surface area (Å²) in [6.07, 6.45) is 2.76. The van der Waals surface area contributed by atoms with Crippen molar-refractivity contribution in [3.8, 4) is 5.75 Å². The molecule has 0 aromatic heterocycles. The standard InChI is InChI=1S/C12H13NO4/c1-16-10-7-8(4-6-11(13)14)3-5-9(10)12(15)17-2/h3-7H,1-2H3,(H2,13,14). The van der Waals surface area contributed by atoms with Gasteiger partial charge in [-0.15, -0.1) is 0 Å². The summed E-state index contributed by atoms with van der Waals surface area (Å²) in [5.74, 6) is -0.642. The molecule has 0 heterocycles. The van der Waals surface area contributed by atoms with Crippen molar-refractivity contribution < 1.29 is 19.1 Å². The van der Waals surface area contributed by atoms with Crippen LogP contribution >= 0.6 is 0 Å². The molecular formula is C12H13NO4. The Morgan fingerprint density at radius 2 is 2.00 bits per heavy atom. The van der Waals surface area contributed by atoms with Gasteiger partial charge in [-0.1, -0.05) is 6.07 Å². The molecule has 1 aromatic carbocycles. The Morgan fingerprint density at radius 3 is 2.53 bits per heavy atom. The molecule has 0 aliphatic carbocycles. The van der Waals surface area contributed by atoms with Crippen molar-refractivity contribution >= 4 is 18.0 Å². The van der Waals surface area contributed by atoms with E-state index in [-0.39, 0.29) is 0 Å². The minimum Gasteiger partial charge on any atom is -0.496 e. The first-order valence-corrected chi connectivity index (χ1v) is 4.82. The molecule has 0 bridgehead atoms. The Balaban J connectivity index is 3.08. The van der Waals surface area contributed by atoms with E-state index >= 15 is 0 Å². The molecule has 5 heteroatoms. The zero-order valence-corrected chi connectivity index (χ0v) is 9.60. The Morgan fingerprint density at radius 1 is 1.29 bits per heavy atom. The van der Waals surface area contributed by atoms with Crippen LogP contribution < -0.4 is 10.5 Å². The van der Waals surface area contributed by atoms with Gasteiger partial charge >= 0.3 is 5.97 Å². The topological polar surface area (TPSA) is 78.6 Å². The third-order valence-corrected chi connectivity index (χ3v) is 2.07. The Labute approximate surface area is 98.8 Å². The number of amides is 1. The highest BCUT2D eigenvalue weighted by atomic mass is 16.5. The summed E-state index contributed by atoms with van der Waals surface area (Å²) < 4.78 is 9.67. The second kappa shape index (κ2) is 5.69.